The minimum absolute atomic E-state index is 0.0246. The summed E-state index contributed by atoms with van der Waals surface area (Å²) in [6.45, 7) is 0. The molecule has 0 bridgehead atoms. The Labute approximate surface area is 438 Å². The number of hydrogen-bond donors (Lipinski definition) is 0. The first-order valence-corrected chi connectivity index (χ1v) is 24.4. The summed E-state index contributed by atoms with van der Waals surface area (Å²) in [5.74, 6) is -3.41. The predicted octanol–water partition coefficient (Wildman–Crippen LogP) is 15.7. The van der Waals surface area contributed by atoms with Gasteiger partial charge in [0.25, 0.3) is 0 Å². The van der Waals surface area contributed by atoms with Gasteiger partial charge < -0.3 is 18.3 Å². The number of rotatable bonds is 5. The minimum Gasteiger partial charge on any atom is -0.307 e. The second-order valence-electron chi connectivity index (χ2n) is 18.8. The quantitative estimate of drug-likeness (QED) is 0.158. The van der Waals surface area contributed by atoms with Crippen LogP contribution in [0.2, 0.25) is 0 Å². The molecule has 9 nitrogen and oxygen atoms in total. The summed E-state index contributed by atoms with van der Waals surface area (Å²) >= 11 is 0. The Balaban J connectivity index is 1.06. The van der Waals surface area contributed by atoms with E-state index in [1.165, 1.54) is 34.9 Å². The van der Waals surface area contributed by atoms with Gasteiger partial charge >= 0.3 is 0 Å². The van der Waals surface area contributed by atoms with E-state index in [0.29, 0.717) is 93.3 Å². The second-order valence-corrected chi connectivity index (χ2v) is 18.8. The van der Waals surface area contributed by atoms with Gasteiger partial charge in [-0.15, -0.1) is 0 Å². The third-order valence-electron chi connectivity index (χ3n) is 15.0. The molecule has 10 aromatic carbocycles. The molecule has 0 saturated carbocycles. The van der Waals surface area contributed by atoms with Crippen molar-refractivity contribution in [2.75, 3.05) is 0 Å². The molecule has 0 amide bonds. The van der Waals surface area contributed by atoms with Crippen LogP contribution in [-0.2, 0) is 0 Å². The first-order valence-electron chi connectivity index (χ1n) is 24.4. The lowest BCUT2D eigenvalue weighted by molar-refractivity contribution is 0.573. The molecule has 0 saturated heterocycles. The van der Waals surface area contributed by atoms with Gasteiger partial charge in [-0.3, -0.25) is 0 Å². The van der Waals surface area contributed by atoms with E-state index >= 15 is 17.6 Å². The van der Waals surface area contributed by atoms with Crippen molar-refractivity contribution in [3.8, 4) is 64.2 Å². The van der Waals surface area contributed by atoms with Gasteiger partial charge in [-0.05, 0) is 109 Å². The van der Waals surface area contributed by atoms with Crippen LogP contribution in [0, 0.1) is 79.9 Å². The average Bonchev–Trinajstić information content (AvgIpc) is 4.20. The molecule has 4 aromatic heterocycles. The molecular formula is C65H29F4N9. The lowest BCUT2D eigenvalue weighted by Crippen LogP contribution is -2.04. The Bertz CT molecular complexity index is 5200. The van der Waals surface area contributed by atoms with Gasteiger partial charge in [0.15, 0.2) is 5.82 Å². The maximum Gasteiger partial charge on any atom is 0.158 e. The zero-order chi connectivity index (χ0) is 53.2. The van der Waals surface area contributed by atoms with Crippen molar-refractivity contribution in [3.05, 3.63) is 227 Å². The largest absolute Gasteiger partial charge is 0.307 e. The highest BCUT2D eigenvalue weighted by atomic mass is 19.1. The van der Waals surface area contributed by atoms with Gasteiger partial charge in [-0.1, -0.05) is 72.8 Å². The van der Waals surface area contributed by atoms with E-state index < -0.39 is 23.3 Å². The Kier molecular flexibility index (Phi) is 9.74. The minimum atomic E-state index is -0.888. The van der Waals surface area contributed by atoms with Crippen LogP contribution in [0.5, 0.6) is 0 Å². The maximum atomic E-state index is 18.2. The predicted molar refractivity (Wildman–Crippen MR) is 293 cm³/mol. The van der Waals surface area contributed by atoms with Crippen molar-refractivity contribution in [3.63, 3.8) is 0 Å². The van der Waals surface area contributed by atoms with Gasteiger partial charge in [0, 0.05) is 48.7 Å². The van der Waals surface area contributed by atoms with Crippen LogP contribution in [0.4, 0.5) is 17.6 Å². The van der Waals surface area contributed by atoms with Crippen molar-refractivity contribution >= 4 is 87.2 Å². The number of nitrogens with zero attached hydrogens (tertiary/aromatic N) is 9. The molecular weight excluding hydrogens is 983 g/mol. The number of halogens is 4. The fourth-order valence-electron chi connectivity index (χ4n) is 12.0. The summed E-state index contributed by atoms with van der Waals surface area (Å²) in [7, 11) is 0. The van der Waals surface area contributed by atoms with E-state index in [2.05, 4.69) is 24.3 Å². The molecule has 0 N–H and O–H groups in total. The SMILES string of the molecule is N#Cc1cc(C#N)c(-n2c3ccccc3c3c4c5cc(-c6ccc(F)c(-n7c8ccccc8c8c9c%10ccccc%10n(-c%10c(C#N)cccc%10C#N)c9ccc87)c6F)ccc5n(-c5c(F)cccc5F)c4ccc32)c(C#N)c1. The summed E-state index contributed by atoms with van der Waals surface area (Å²) in [4.78, 5) is 0. The number of hydrogen-bond acceptors (Lipinski definition) is 5. The standard InChI is InChI=1S/C65H29F4N9/c66-46-14-8-15-47(67)64(46)77-52-22-19-36(29-45(52)60-56(77)26-24-54-59(60)43-12-2-5-17-50(43)76(54)63-39(33-73)27-35(30-70)28-40(63)34-74)41-20-21-48(68)65(61(41)69)78-51-18-6-3-13-44(51)58-55(78)25-23-53-57(58)42-11-1-4-16-49(42)75(53)62-37(31-71)9-7-10-38(62)32-72/h1-29H. The number of para-hydroxylation sites is 5. The van der Waals surface area contributed by atoms with Crippen LogP contribution in [-0.4, -0.2) is 18.3 Å². The van der Waals surface area contributed by atoms with Gasteiger partial charge in [-0.25, -0.2) is 17.6 Å². The maximum absolute atomic E-state index is 18.2. The second kappa shape index (κ2) is 16.8. The molecule has 0 aliphatic heterocycles. The number of aromatic nitrogens is 4. The van der Waals surface area contributed by atoms with Gasteiger partial charge in [-0.2, -0.15) is 26.3 Å². The van der Waals surface area contributed by atoms with Gasteiger partial charge in [0.1, 0.15) is 53.1 Å². The molecule has 0 aliphatic carbocycles. The van der Waals surface area contributed by atoms with E-state index in [0.717, 1.165) is 28.4 Å². The van der Waals surface area contributed by atoms with Crippen molar-refractivity contribution in [2.45, 2.75) is 0 Å². The Morgan fingerprint density at radius 2 is 0.679 bits per heavy atom. The number of nitriles is 5. The molecule has 0 aliphatic rings. The molecule has 0 unspecified atom stereocenters. The van der Waals surface area contributed by atoms with Crippen LogP contribution >= 0.6 is 0 Å². The topological polar surface area (TPSA) is 139 Å². The van der Waals surface area contributed by atoms with Crippen LogP contribution in [0.25, 0.3) is 121 Å². The van der Waals surface area contributed by atoms with E-state index in [1.807, 2.05) is 71.3 Å². The summed E-state index contributed by atoms with van der Waals surface area (Å²) in [6, 6.07) is 59.3. The molecule has 0 spiro atoms. The monoisotopic (exact) mass is 1010 g/mol. The van der Waals surface area contributed by atoms with Crippen molar-refractivity contribution < 1.29 is 17.6 Å². The van der Waals surface area contributed by atoms with E-state index in [1.54, 1.807) is 81.9 Å². The molecule has 14 aromatic rings. The highest BCUT2D eigenvalue weighted by Crippen LogP contribution is 2.47. The lowest BCUT2D eigenvalue weighted by Gasteiger charge is -2.14. The molecule has 362 valence electrons. The first-order chi connectivity index (χ1) is 38.2. The Morgan fingerprint density at radius 1 is 0.295 bits per heavy atom. The van der Waals surface area contributed by atoms with Crippen LogP contribution < -0.4 is 0 Å². The van der Waals surface area contributed by atoms with Crippen LogP contribution in [0.1, 0.15) is 27.8 Å². The summed E-state index contributed by atoms with van der Waals surface area (Å²) in [6.07, 6.45) is 0. The van der Waals surface area contributed by atoms with Crippen LogP contribution in [0.3, 0.4) is 0 Å². The summed E-state index contributed by atoms with van der Waals surface area (Å²) in [5.41, 5.74) is 5.42. The molecule has 78 heavy (non-hydrogen) atoms. The molecule has 14 rings (SSSR count). The van der Waals surface area contributed by atoms with Crippen molar-refractivity contribution in [1.82, 2.24) is 18.3 Å². The molecule has 4 heterocycles. The van der Waals surface area contributed by atoms with Gasteiger partial charge in [0.2, 0.25) is 0 Å². The molecule has 13 heteroatoms. The molecule has 0 radical (unpaired) electrons. The van der Waals surface area contributed by atoms with Crippen molar-refractivity contribution in [2.24, 2.45) is 0 Å². The first kappa shape index (κ1) is 45.2. The average molecular weight is 1010 g/mol. The normalized spacial score (nSPS) is 11.5. The van der Waals surface area contributed by atoms with E-state index in [-0.39, 0.29) is 39.3 Å². The fraction of sp³-hybridized carbons (Fsp3) is 0. The highest BCUT2D eigenvalue weighted by Gasteiger charge is 2.29. The van der Waals surface area contributed by atoms with E-state index in [4.69, 9.17) is 0 Å². The third kappa shape index (κ3) is 6.06. The Hall–Kier alpha value is -11.4. The van der Waals surface area contributed by atoms with Crippen LogP contribution in [0.15, 0.2) is 176 Å². The zero-order valence-corrected chi connectivity index (χ0v) is 40.3. The smallest absolute Gasteiger partial charge is 0.158 e. The summed E-state index contributed by atoms with van der Waals surface area (Å²) < 4.78 is 74.3. The Morgan fingerprint density at radius 3 is 1.15 bits per heavy atom. The van der Waals surface area contributed by atoms with Gasteiger partial charge in [0.05, 0.1) is 89.4 Å². The number of fused-ring (bicyclic) bond motifs is 14. The lowest BCUT2D eigenvalue weighted by atomic mass is 9.99. The third-order valence-corrected chi connectivity index (χ3v) is 15.0. The molecule has 0 atom stereocenters. The van der Waals surface area contributed by atoms with Crippen molar-refractivity contribution in [1.29, 1.82) is 26.3 Å². The summed E-state index contributed by atoms with van der Waals surface area (Å²) in [5, 5.41) is 56.6. The zero-order valence-electron chi connectivity index (χ0n) is 40.3. The highest BCUT2D eigenvalue weighted by molar-refractivity contribution is 6.30. The number of benzene rings is 10. The fourth-order valence-corrected chi connectivity index (χ4v) is 12.0. The molecule has 0 fully saturated rings. The van der Waals surface area contributed by atoms with E-state index in [9.17, 15) is 26.3 Å².